The zero-order valence-electron chi connectivity index (χ0n) is 16.9. The fourth-order valence-electron chi connectivity index (χ4n) is 3.58. The second-order valence-corrected chi connectivity index (χ2v) is 7.15. The fraction of sp³-hybridized carbons (Fsp3) is 0.364. The van der Waals surface area contributed by atoms with E-state index in [-0.39, 0.29) is 18.0 Å². The number of carbonyl (C=O) groups is 2. The van der Waals surface area contributed by atoms with Gasteiger partial charge in [-0.05, 0) is 24.6 Å². The number of amides is 1. The summed E-state index contributed by atoms with van der Waals surface area (Å²) in [5, 5.41) is 4.04. The lowest BCUT2D eigenvalue weighted by atomic mass is 10.0. The van der Waals surface area contributed by atoms with Crippen molar-refractivity contribution in [3.8, 4) is 0 Å². The molecule has 4 rings (SSSR count). The number of carbonyl (C=O) groups excluding carboxylic acids is 2. The molecule has 1 amide bonds. The first kappa shape index (κ1) is 19.9. The predicted molar refractivity (Wildman–Crippen MR) is 111 cm³/mol. The van der Waals surface area contributed by atoms with E-state index >= 15 is 0 Å². The standard InChI is InChI=1S/C22H24N4O4/c1-2-29-22(28)17-8-9-20(23-15-17)25-10-12-26(13-11-25)21(27)18-14-19(30-24-18)16-6-4-3-5-7-16/h3-9,15,19H,2,10-14H2,1H3. The normalized spacial score (nSPS) is 18.6. The summed E-state index contributed by atoms with van der Waals surface area (Å²) in [6, 6.07) is 13.3. The lowest BCUT2D eigenvalue weighted by Gasteiger charge is -2.35. The van der Waals surface area contributed by atoms with Crippen LogP contribution in [0.1, 0.15) is 35.4 Å². The summed E-state index contributed by atoms with van der Waals surface area (Å²) in [6.07, 6.45) is 1.81. The third-order valence-corrected chi connectivity index (χ3v) is 5.24. The number of anilines is 1. The summed E-state index contributed by atoms with van der Waals surface area (Å²) >= 11 is 0. The molecule has 0 radical (unpaired) electrons. The summed E-state index contributed by atoms with van der Waals surface area (Å²) in [5.74, 6) is 0.333. The van der Waals surface area contributed by atoms with E-state index in [2.05, 4.69) is 15.0 Å². The molecule has 1 atom stereocenters. The first-order valence-electron chi connectivity index (χ1n) is 10.1. The van der Waals surface area contributed by atoms with Gasteiger partial charge in [0.25, 0.3) is 5.91 Å². The van der Waals surface area contributed by atoms with E-state index in [9.17, 15) is 9.59 Å². The molecule has 156 valence electrons. The van der Waals surface area contributed by atoms with Crippen molar-refractivity contribution in [3.05, 3.63) is 59.8 Å². The van der Waals surface area contributed by atoms with Gasteiger partial charge in [-0.1, -0.05) is 35.5 Å². The molecule has 8 nitrogen and oxygen atoms in total. The highest BCUT2D eigenvalue weighted by Crippen LogP contribution is 2.27. The first-order valence-corrected chi connectivity index (χ1v) is 10.1. The molecule has 1 aromatic heterocycles. The molecule has 1 aromatic carbocycles. The molecule has 0 spiro atoms. The van der Waals surface area contributed by atoms with E-state index in [4.69, 9.17) is 9.57 Å². The highest BCUT2D eigenvalue weighted by molar-refractivity contribution is 6.39. The fourth-order valence-corrected chi connectivity index (χ4v) is 3.58. The Kier molecular flexibility index (Phi) is 5.92. The van der Waals surface area contributed by atoms with E-state index in [1.807, 2.05) is 36.4 Å². The second-order valence-electron chi connectivity index (χ2n) is 7.15. The average molecular weight is 408 g/mol. The Morgan fingerprint density at radius 3 is 2.53 bits per heavy atom. The first-order chi connectivity index (χ1) is 14.7. The van der Waals surface area contributed by atoms with Crippen LogP contribution in [0.5, 0.6) is 0 Å². The number of nitrogens with zero attached hydrogens (tertiary/aromatic N) is 4. The number of hydrogen-bond acceptors (Lipinski definition) is 7. The molecule has 8 heteroatoms. The number of rotatable bonds is 5. The Morgan fingerprint density at radius 2 is 1.87 bits per heavy atom. The van der Waals surface area contributed by atoms with Crippen LogP contribution in [0.3, 0.4) is 0 Å². The zero-order chi connectivity index (χ0) is 20.9. The van der Waals surface area contributed by atoms with Gasteiger partial charge < -0.3 is 19.4 Å². The van der Waals surface area contributed by atoms with Crippen molar-refractivity contribution in [1.29, 1.82) is 0 Å². The van der Waals surface area contributed by atoms with Crippen LogP contribution >= 0.6 is 0 Å². The summed E-state index contributed by atoms with van der Waals surface area (Å²) in [4.78, 5) is 38.3. The number of oxime groups is 1. The van der Waals surface area contributed by atoms with Crippen LogP contribution < -0.4 is 4.90 Å². The van der Waals surface area contributed by atoms with Crippen LogP contribution in [0, 0.1) is 0 Å². The molecule has 1 fully saturated rings. The summed E-state index contributed by atoms with van der Waals surface area (Å²) in [5.41, 5.74) is 1.92. The number of ether oxygens (including phenoxy) is 1. The molecule has 1 unspecified atom stereocenters. The molecular formula is C22H24N4O4. The van der Waals surface area contributed by atoms with Crippen molar-refractivity contribution in [2.24, 2.45) is 5.16 Å². The van der Waals surface area contributed by atoms with Crippen molar-refractivity contribution < 1.29 is 19.2 Å². The van der Waals surface area contributed by atoms with Gasteiger partial charge in [0, 0.05) is 38.8 Å². The van der Waals surface area contributed by atoms with Crippen LogP contribution in [0.25, 0.3) is 0 Å². The van der Waals surface area contributed by atoms with Crippen molar-refractivity contribution >= 4 is 23.4 Å². The topological polar surface area (TPSA) is 84.3 Å². The molecular weight excluding hydrogens is 384 g/mol. The van der Waals surface area contributed by atoms with Crippen LogP contribution in [0.2, 0.25) is 0 Å². The molecule has 30 heavy (non-hydrogen) atoms. The monoisotopic (exact) mass is 408 g/mol. The van der Waals surface area contributed by atoms with Gasteiger partial charge in [-0.2, -0.15) is 0 Å². The highest BCUT2D eigenvalue weighted by atomic mass is 16.6. The van der Waals surface area contributed by atoms with Gasteiger partial charge in [0.15, 0.2) is 6.10 Å². The quantitative estimate of drug-likeness (QED) is 0.707. The molecule has 0 aliphatic carbocycles. The van der Waals surface area contributed by atoms with Crippen LogP contribution in [0.4, 0.5) is 5.82 Å². The van der Waals surface area contributed by atoms with Gasteiger partial charge >= 0.3 is 5.97 Å². The third-order valence-electron chi connectivity index (χ3n) is 5.24. The highest BCUT2D eigenvalue weighted by Gasteiger charge is 2.32. The number of benzene rings is 1. The van der Waals surface area contributed by atoms with Gasteiger partial charge in [-0.15, -0.1) is 0 Å². The number of piperazine rings is 1. The maximum absolute atomic E-state index is 12.8. The lowest BCUT2D eigenvalue weighted by molar-refractivity contribution is -0.124. The molecule has 2 aliphatic rings. The van der Waals surface area contributed by atoms with Crippen LogP contribution in [-0.4, -0.2) is 60.3 Å². The van der Waals surface area contributed by atoms with Crippen LogP contribution in [-0.2, 0) is 14.4 Å². The molecule has 2 aliphatic heterocycles. The summed E-state index contributed by atoms with van der Waals surface area (Å²) in [7, 11) is 0. The molecule has 0 bridgehead atoms. The van der Waals surface area contributed by atoms with E-state index in [0.29, 0.717) is 50.5 Å². The third kappa shape index (κ3) is 4.27. The van der Waals surface area contributed by atoms with Gasteiger partial charge in [0.05, 0.1) is 12.2 Å². The molecule has 1 saturated heterocycles. The summed E-state index contributed by atoms with van der Waals surface area (Å²) < 4.78 is 4.98. The number of aromatic nitrogens is 1. The SMILES string of the molecule is CCOC(=O)c1ccc(N2CCN(C(=O)C3=NOC(c4ccccc4)C3)CC2)nc1. The molecule has 0 N–H and O–H groups in total. The van der Waals surface area contributed by atoms with Gasteiger partial charge in [0.1, 0.15) is 11.5 Å². The minimum absolute atomic E-state index is 0.0706. The molecule has 2 aromatic rings. The molecule has 3 heterocycles. The van der Waals surface area contributed by atoms with Gasteiger partial charge in [0.2, 0.25) is 0 Å². The van der Waals surface area contributed by atoms with Crippen molar-refractivity contribution in [2.75, 3.05) is 37.7 Å². The van der Waals surface area contributed by atoms with E-state index in [1.54, 1.807) is 17.9 Å². The number of hydrogen-bond donors (Lipinski definition) is 0. The lowest BCUT2D eigenvalue weighted by Crippen LogP contribution is -2.50. The van der Waals surface area contributed by atoms with Crippen LogP contribution in [0.15, 0.2) is 53.8 Å². The maximum Gasteiger partial charge on any atom is 0.339 e. The van der Waals surface area contributed by atoms with Gasteiger partial charge in [-0.3, -0.25) is 4.79 Å². The minimum Gasteiger partial charge on any atom is -0.462 e. The zero-order valence-corrected chi connectivity index (χ0v) is 16.9. The van der Waals surface area contributed by atoms with Crippen molar-refractivity contribution in [1.82, 2.24) is 9.88 Å². The van der Waals surface area contributed by atoms with Crippen molar-refractivity contribution in [2.45, 2.75) is 19.4 Å². The predicted octanol–water partition coefficient (Wildman–Crippen LogP) is 2.42. The van der Waals surface area contributed by atoms with E-state index in [1.165, 1.54) is 6.20 Å². The number of pyridine rings is 1. The maximum atomic E-state index is 12.8. The van der Waals surface area contributed by atoms with Crippen molar-refractivity contribution in [3.63, 3.8) is 0 Å². The van der Waals surface area contributed by atoms with E-state index in [0.717, 1.165) is 11.4 Å². The Balaban J connectivity index is 1.30. The minimum atomic E-state index is -0.375. The average Bonchev–Trinajstić information content (AvgIpc) is 3.30. The largest absolute Gasteiger partial charge is 0.462 e. The smallest absolute Gasteiger partial charge is 0.339 e. The Morgan fingerprint density at radius 1 is 1.10 bits per heavy atom. The molecule has 0 saturated carbocycles. The summed E-state index contributed by atoms with van der Waals surface area (Å²) in [6.45, 7) is 4.58. The Hall–Kier alpha value is -3.42. The Labute approximate surface area is 175 Å². The van der Waals surface area contributed by atoms with E-state index < -0.39 is 0 Å². The second kappa shape index (κ2) is 8.94. The van der Waals surface area contributed by atoms with Gasteiger partial charge in [-0.25, -0.2) is 9.78 Å². The Bertz CT molecular complexity index is 922. The number of esters is 1.